The van der Waals surface area contributed by atoms with E-state index < -0.39 is 43.4 Å². The molecule has 0 spiro atoms. The quantitative estimate of drug-likeness (QED) is 0.126. The van der Waals surface area contributed by atoms with Gasteiger partial charge in [-0.3, -0.25) is 13.9 Å². The molecule has 1 heterocycles. The van der Waals surface area contributed by atoms with E-state index in [1.165, 1.54) is 0 Å². The Bertz CT molecular complexity index is 490. The Morgan fingerprint density at radius 2 is 2.11 bits per heavy atom. The Hall–Kier alpha value is -1.27. The summed E-state index contributed by atoms with van der Waals surface area (Å²) in [6, 6.07) is 0. The highest BCUT2D eigenvalue weighted by molar-refractivity contribution is 7.67. The zero-order valence-electron chi connectivity index (χ0n) is 9.73. The van der Waals surface area contributed by atoms with E-state index in [1.807, 2.05) is 5.92 Å². The fraction of sp³-hybridized carbons (Fsp3) is 0.556. The van der Waals surface area contributed by atoms with Crippen molar-refractivity contribution in [2.45, 2.75) is 11.3 Å². The van der Waals surface area contributed by atoms with Crippen molar-refractivity contribution in [2.24, 2.45) is 0 Å². The molecule has 9 nitrogen and oxygen atoms in total. The number of esters is 1. The van der Waals surface area contributed by atoms with Crippen molar-refractivity contribution in [2.75, 3.05) is 20.1 Å². The second kappa shape index (κ2) is 5.02. The molecule has 19 heavy (non-hydrogen) atoms. The van der Waals surface area contributed by atoms with E-state index in [9.17, 15) is 29.5 Å². The number of rotatable bonds is 6. The molecule has 3 N–H and O–H groups in total. The van der Waals surface area contributed by atoms with Crippen molar-refractivity contribution < 1.29 is 43.5 Å². The largest absolute Gasteiger partial charge is 0.448 e. The number of aliphatic hydroxyl groups is 3. The maximum Gasteiger partial charge on any atom is 0.376 e. The molecule has 1 aliphatic rings. The van der Waals surface area contributed by atoms with Crippen molar-refractivity contribution in [1.82, 2.24) is 0 Å². The molecule has 2 unspecified atom stereocenters. The van der Waals surface area contributed by atoms with E-state index >= 15 is 0 Å². The lowest BCUT2D eigenvalue weighted by molar-refractivity contribution is -0.216. The van der Waals surface area contributed by atoms with Gasteiger partial charge in [-0.2, -0.15) is 0 Å². The average molecular weight is 294 g/mol. The van der Waals surface area contributed by atoms with Crippen LogP contribution in [0, 0.1) is 12.3 Å². The molecule has 0 aromatic carbocycles. The number of hydrogen-bond donors (Lipinski definition) is 3. The van der Waals surface area contributed by atoms with E-state index in [4.69, 9.17) is 6.42 Å². The van der Waals surface area contributed by atoms with Gasteiger partial charge in [0.05, 0.1) is 0 Å². The lowest BCUT2D eigenvalue weighted by atomic mass is 10.1. The summed E-state index contributed by atoms with van der Waals surface area (Å²) in [5.74, 6) is -5.62. The Labute approximate surface area is 107 Å². The topological polar surface area (TPSA) is 143 Å². The van der Waals surface area contributed by atoms with Crippen LogP contribution < -0.4 is 0 Å². The second-order valence-corrected chi connectivity index (χ2v) is 5.97. The number of hydrogen-bond acceptors (Lipinski definition) is 9. The van der Waals surface area contributed by atoms with E-state index in [0.717, 1.165) is 7.11 Å². The first-order valence-electron chi connectivity index (χ1n) is 4.77. The van der Waals surface area contributed by atoms with Crippen LogP contribution in [0.3, 0.4) is 0 Å². The Balaban J connectivity index is 2.87. The van der Waals surface area contributed by atoms with Gasteiger partial charge in [-0.1, -0.05) is 5.92 Å². The fourth-order valence-corrected chi connectivity index (χ4v) is 2.95. The summed E-state index contributed by atoms with van der Waals surface area (Å²) in [4.78, 5) is 22.8. The highest BCUT2D eigenvalue weighted by Gasteiger charge is 2.77. The van der Waals surface area contributed by atoms with Crippen molar-refractivity contribution in [3.63, 3.8) is 0 Å². The molecular weight excluding hydrogens is 283 g/mol. The zero-order valence-corrected chi connectivity index (χ0v) is 10.6. The molecule has 0 bridgehead atoms. The smallest absolute Gasteiger partial charge is 0.376 e. The molecule has 1 fully saturated rings. The predicted octanol–water partition coefficient (Wildman–Crippen LogP) is -2.03. The first kappa shape index (κ1) is 15.8. The number of methoxy groups -OCH3 is 1. The predicted molar refractivity (Wildman–Crippen MR) is 57.5 cm³/mol. The van der Waals surface area contributed by atoms with Crippen LogP contribution in [-0.4, -0.2) is 58.5 Å². The summed E-state index contributed by atoms with van der Waals surface area (Å²) in [5, 5.41) is 28.2. The molecular formula is C9H11O9P. The van der Waals surface area contributed by atoms with Crippen LogP contribution in [0.2, 0.25) is 0 Å². The van der Waals surface area contributed by atoms with Crippen molar-refractivity contribution >= 4 is 19.1 Å². The van der Waals surface area contributed by atoms with Gasteiger partial charge >= 0.3 is 17.3 Å². The minimum Gasteiger partial charge on any atom is -0.448 e. The maximum atomic E-state index is 11.7. The summed E-state index contributed by atoms with van der Waals surface area (Å²) in [5.41, 5.74) is -2.98. The SMILES string of the molecule is C#CCOC(=O)C(O)(O)C(=O)C1(O)OP1(=O)COC. The summed E-state index contributed by atoms with van der Waals surface area (Å²) < 4.78 is 24.6. The van der Waals surface area contributed by atoms with Gasteiger partial charge in [0.25, 0.3) is 13.2 Å². The van der Waals surface area contributed by atoms with Gasteiger partial charge in [0.2, 0.25) is 0 Å². The molecule has 1 saturated heterocycles. The molecule has 0 aromatic rings. The lowest BCUT2D eigenvalue weighted by Crippen LogP contribution is -2.53. The highest BCUT2D eigenvalue weighted by Crippen LogP contribution is 2.77. The van der Waals surface area contributed by atoms with E-state index in [1.54, 1.807) is 0 Å². The Morgan fingerprint density at radius 3 is 2.58 bits per heavy atom. The summed E-state index contributed by atoms with van der Waals surface area (Å²) in [6.07, 6.45) is 4.13. The monoisotopic (exact) mass is 294 g/mol. The van der Waals surface area contributed by atoms with Crippen molar-refractivity contribution in [3.8, 4) is 12.3 Å². The third-order valence-electron chi connectivity index (χ3n) is 2.19. The van der Waals surface area contributed by atoms with Crippen LogP contribution in [0.15, 0.2) is 0 Å². The first-order chi connectivity index (χ1) is 8.65. The van der Waals surface area contributed by atoms with Gasteiger partial charge in [-0.05, 0) is 0 Å². The molecule has 106 valence electrons. The number of terminal acetylenes is 1. The van der Waals surface area contributed by atoms with Crippen LogP contribution >= 0.6 is 7.37 Å². The van der Waals surface area contributed by atoms with Gasteiger partial charge < -0.3 is 24.8 Å². The van der Waals surface area contributed by atoms with Crippen LogP contribution in [0.4, 0.5) is 0 Å². The Morgan fingerprint density at radius 1 is 1.53 bits per heavy atom. The second-order valence-electron chi connectivity index (χ2n) is 3.57. The van der Waals surface area contributed by atoms with E-state index in [0.29, 0.717) is 0 Å². The van der Waals surface area contributed by atoms with Crippen LogP contribution in [0.1, 0.15) is 0 Å². The van der Waals surface area contributed by atoms with Crippen molar-refractivity contribution in [3.05, 3.63) is 0 Å². The zero-order chi connectivity index (χ0) is 14.9. The molecule has 2 atom stereocenters. The molecule has 0 radical (unpaired) electrons. The van der Waals surface area contributed by atoms with Crippen LogP contribution in [0.5, 0.6) is 0 Å². The molecule has 0 aromatic heterocycles. The van der Waals surface area contributed by atoms with Gasteiger partial charge in [-0.25, -0.2) is 4.79 Å². The third-order valence-corrected chi connectivity index (χ3v) is 4.40. The normalized spacial score (nSPS) is 29.4. The molecule has 1 rings (SSSR count). The molecule has 0 saturated carbocycles. The Kier molecular flexibility index (Phi) is 4.17. The first-order valence-corrected chi connectivity index (χ1v) is 6.58. The van der Waals surface area contributed by atoms with Gasteiger partial charge in [0.1, 0.15) is 6.35 Å². The van der Waals surface area contributed by atoms with Gasteiger partial charge in [0, 0.05) is 7.11 Å². The van der Waals surface area contributed by atoms with Gasteiger partial charge in [-0.15, -0.1) is 6.42 Å². The van der Waals surface area contributed by atoms with E-state index in [-0.39, 0.29) is 0 Å². The van der Waals surface area contributed by atoms with Crippen LogP contribution in [-0.2, 0) is 28.2 Å². The molecule has 1 aliphatic heterocycles. The standard InChI is InChI=1S/C9H11O9P/c1-3-4-17-7(11)8(12,13)6(10)9(14)18-19(9,15)5-16-2/h1,12-14H,4-5H2,2H3. The molecule has 0 amide bonds. The number of carbonyl (C=O) groups excluding carboxylic acids is 2. The number of carbonyl (C=O) groups is 2. The summed E-state index contributed by atoms with van der Waals surface area (Å²) in [7, 11) is -2.82. The van der Waals surface area contributed by atoms with Crippen LogP contribution in [0.25, 0.3) is 0 Å². The van der Waals surface area contributed by atoms with E-state index in [2.05, 4.69) is 14.0 Å². The van der Waals surface area contributed by atoms with Crippen molar-refractivity contribution in [1.29, 1.82) is 0 Å². The fourth-order valence-electron chi connectivity index (χ4n) is 1.19. The van der Waals surface area contributed by atoms with Gasteiger partial charge in [0.15, 0.2) is 6.61 Å². The molecule has 10 heteroatoms. The number of Topliss-reactive ketones (excluding diaryl/α,β-unsaturated/α-hetero) is 1. The maximum absolute atomic E-state index is 11.7. The summed E-state index contributed by atoms with van der Waals surface area (Å²) in [6.45, 7) is -0.621. The number of ketones is 1. The average Bonchev–Trinajstić information content (AvgIpc) is 2.88. The minimum atomic E-state index is -3.94. The molecule has 0 aliphatic carbocycles. The summed E-state index contributed by atoms with van der Waals surface area (Å²) >= 11 is 0. The number of ether oxygens (including phenoxy) is 2. The third kappa shape index (κ3) is 2.55. The highest BCUT2D eigenvalue weighted by atomic mass is 31.2. The minimum absolute atomic E-state index is 0.621. The lowest BCUT2D eigenvalue weighted by Gasteiger charge is -2.18.